The van der Waals surface area contributed by atoms with Gasteiger partial charge in [0.05, 0.1) is 38.9 Å². The fourth-order valence-corrected chi connectivity index (χ4v) is 4.28. The number of hydrogen-bond acceptors (Lipinski definition) is 7. The summed E-state index contributed by atoms with van der Waals surface area (Å²) < 4.78 is 16.6. The molecule has 2 atom stereocenters. The molecule has 0 saturated carbocycles. The van der Waals surface area contributed by atoms with E-state index in [1.807, 2.05) is 29.3 Å². The fraction of sp³-hybridized carbons (Fsp3) is 0.423. The molecular weight excluding hydrogens is 450 g/mol. The maximum absolute atomic E-state index is 12.8. The van der Waals surface area contributed by atoms with E-state index in [0.29, 0.717) is 49.7 Å². The van der Waals surface area contributed by atoms with Crippen molar-refractivity contribution in [2.75, 3.05) is 45.3 Å². The zero-order chi connectivity index (χ0) is 24.6. The lowest BCUT2D eigenvalue weighted by molar-refractivity contribution is -0.139. The molecule has 1 fully saturated rings. The minimum absolute atomic E-state index is 0.0411. The van der Waals surface area contributed by atoms with Crippen molar-refractivity contribution in [2.45, 2.75) is 25.4 Å². The van der Waals surface area contributed by atoms with Crippen molar-refractivity contribution >= 4 is 23.8 Å². The second-order valence-electron chi connectivity index (χ2n) is 8.71. The Labute approximate surface area is 204 Å². The van der Waals surface area contributed by atoms with E-state index >= 15 is 0 Å². The highest BCUT2D eigenvalue weighted by Gasteiger charge is 2.31. The lowest BCUT2D eigenvalue weighted by Gasteiger charge is -2.33. The predicted molar refractivity (Wildman–Crippen MR) is 131 cm³/mol. The van der Waals surface area contributed by atoms with Gasteiger partial charge in [0.1, 0.15) is 11.9 Å². The van der Waals surface area contributed by atoms with Crippen molar-refractivity contribution < 1.29 is 28.9 Å². The quantitative estimate of drug-likeness (QED) is 0.530. The van der Waals surface area contributed by atoms with Gasteiger partial charge in [-0.25, -0.2) is 0 Å². The molecule has 2 aliphatic rings. The third-order valence-corrected chi connectivity index (χ3v) is 6.19. The van der Waals surface area contributed by atoms with Crippen LogP contribution in [0.2, 0.25) is 0 Å². The second-order valence-corrected chi connectivity index (χ2v) is 8.71. The Morgan fingerprint density at radius 1 is 1.20 bits per heavy atom. The number of aliphatic carboxylic acids is 1. The maximum atomic E-state index is 12.8. The number of rotatable bonds is 9. The van der Waals surface area contributed by atoms with E-state index < -0.39 is 5.97 Å². The van der Waals surface area contributed by atoms with Crippen molar-refractivity contribution in [1.29, 1.82) is 0 Å². The standard InChI is InChI=1S/C26H31N3O6/c1-33-11-8-23-21(15-25(30)31)14-20-6-7-22(16-24(20)35-23)28-26(32)19-4-2-18(3-5-19)17-27-29-9-12-34-13-10-29/h2-7,16-17,21,23H,8-15H2,1H3,(H,28,32)(H,30,31). The van der Waals surface area contributed by atoms with Crippen molar-refractivity contribution in [2.24, 2.45) is 11.0 Å². The van der Waals surface area contributed by atoms with Gasteiger partial charge < -0.3 is 24.6 Å². The number of carbonyl (C=O) groups is 2. The van der Waals surface area contributed by atoms with Crippen LogP contribution in [-0.2, 0) is 20.7 Å². The molecule has 4 rings (SSSR count). The molecule has 0 bridgehead atoms. The van der Waals surface area contributed by atoms with Gasteiger partial charge >= 0.3 is 5.97 Å². The van der Waals surface area contributed by atoms with Crippen LogP contribution < -0.4 is 10.1 Å². The highest BCUT2D eigenvalue weighted by Crippen LogP contribution is 2.35. The molecule has 2 aromatic carbocycles. The SMILES string of the molecule is COCCC1Oc2cc(NC(=O)c3ccc(C=NN4CCOCC4)cc3)ccc2CC1CC(=O)O. The summed E-state index contributed by atoms with van der Waals surface area (Å²) in [6.07, 6.45) is 2.78. The minimum atomic E-state index is -0.841. The van der Waals surface area contributed by atoms with Gasteiger partial charge in [0, 0.05) is 43.4 Å². The Morgan fingerprint density at radius 2 is 1.97 bits per heavy atom. The third-order valence-electron chi connectivity index (χ3n) is 6.19. The van der Waals surface area contributed by atoms with Crippen LogP contribution in [0.3, 0.4) is 0 Å². The number of hydrogen-bond donors (Lipinski definition) is 2. The van der Waals surface area contributed by atoms with Crippen LogP contribution in [0.1, 0.15) is 34.3 Å². The van der Waals surface area contributed by atoms with Crippen molar-refractivity contribution in [3.63, 3.8) is 0 Å². The number of nitrogens with one attached hydrogen (secondary N) is 1. The first-order chi connectivity index (χ1) is 17.0. The van der Waals surface area contributed by atoms with Gasteiger partial charge in [-0.15, -0.1) is 0 Å². The molecule has 2 aromatic rings. The zero-order valence-electron chi connectivity index (χ0n) is 19.8. The molecule has 2 unspecified atom stereocenters. The van der Waals surface area contributed by atoms with E-state index in [1.54, 1.807) is 31.5 Å². The molecule has 2 heterocycles. The summed E-state index contributed by atoms with van der Waals surface area (Å²) in [5.74, 6) is -0.523. The number of ether oxygens (including phenoxy) is 3. The summed E-state index contributed by atoms with van der Waals surface area (Å²) in [5, 5.41) is 18.6. The number of carboxylic acids is 1. The number of amides is 1. The number of methoxy groups -OCH3 is 1. The minimum Gasteiger partial charge on any atom is -0.490 e. The van der Waals surface area contributed by atoms with Crippen molar-refractivity contribution in [3.8, 4) is 5.75 Å². The van der Waals surface area contributed by atoms with Crippen LogP contribution in [-0.4, -0.2) is 74.3 Å². The largest absolute Gasteiger partial charge is 0.490 e. The van der Waals surface area contributed by atoms with E-state index in [2.05, 4.69) is 10.4 Å². The number of morpholine rings is 1. The van der Waals surface area contributed by atoms with E-state index in [4.69, 9.17) is 14.2 Å². The smallest absolute Gasteiger partial charge is 0.303 e. The van der Waals surface area contributed by atoms with Crippen LogP contribution in [0.4, 0.5) is 5.69 Å². The average molecular weight is 482 g/mol. The van der Waals surface area contributed by atoms with Crippen LogP contribution >= 0.6 is 0 Å². The topological polar surface area (TPSA) is 110 Å². The summed E-state index contributed by atoms with van der Waals surface area (Å²) in [7, 11) is 1.61. The first-order valence-electron chi connectivity index (χ1n) is 11.8. The molecule has 9 nitrogen and oxygen atoms in total. The number of anilines is 1. The van der Waals surface area contributed by atoms with Gasteiger partial charge in [-0.05, 0) is 35.7 Å². The average Bonchev–Trinajstić information content (AvgIpc) is 2.87. The van der Waals surface area contributed by atoms with Gasteiger partial charge in [-0.3, -0.25) is 14.6 Å². The Bertz CT molecular complexity index is 1050. The van der Waals surface area contributed by atoms with Crippen LogP contribution in [0.25, 0.3) is 0 Å². The third kappa shape index (κ3) is 6.80. The van der Waals surface area contributed by atoms with Gasteiger partial charge in [-0.2, -0.15) is 5.10 Å². The molecule has 2 N–H and O–H groups in total. The molecule has 0 spiro atoms. The Hall–Kier alpha value is -3.43. The zero-order valence-corrected chi connectivity index (χ0v) is 19.8. The van der Waals surface area contributed by atoms with Crippen LogP contribution in [0.15, 0.2) is 47.6 Å². The molecule has 1 saturated heterocycles. The predicted octanol–water partition coefficient (Wildman–Crippen LogP) is 3.04. The summed E-state index contributed by atoms with van der Waals surface area (Å²) >= 11 is 0. The molecule has 1 amide bonds. The highest BCUT2D eigenvalue weighted by molar-refractivity contribution is 6.04. The molecule has 35 heavy (non-hydrogen) atoms. The number of carbonyl (C=O) groups excluding carboxylic acids is 1. The fourth-order valence-electron chi connectivity index (χ4n) is 4.28. The lowest BCUT2D eigenvalue weighted by Crippen LogP contribution is -2.35. The monoisotopic (exact) mass is 481 g/mol. The Kier molecular flexibility index (Phi) is 8.33. The summed E-state index contributed by atoms with van der Waals surface area (Å²) in [5.41, 5.74) is 3.00. The highest BCUT2D eigenvalue weighted by atomic mass is 16.5. The molecule has 9 heteroatoms. The van der Waals surface area contributed by atoms with Crippen molar-refractivity contribution in [1.82, 2.24) is 5.01 Å². The maximum Gasteiger partial charge on any atom is 0.303 e. The second kappa shape index (κ2) is 11.8. The number of benzene rings is 2. The summed E-state index contributed by atoms with van der Waals surface area (Å²) in [6.45, 7) is 3.39. The van der Waals surface area contributed by atoms with E-state index in [1.165, 1.54) is 0 Å². The van der Waals surface area contributed by atoms with Crippen molar-refractivity contribution in [3.05, 3.63) is 59.2 Å². The van der Waals surface area contributed by atoms with Gasteiger partial charge in [0.2, 0.25) is 0 Å². The molecule has 0 aliphatic carbocycles. The first-order valence-corrected chi connectivity index (χ1v) is 11.8. The molecule has 0 aromatic heterocycles. The number of nitrogens with zero attached hydrogens (tertiary/aromatic N) is 2. The lowest BCUT2D eigenvalue weighted by atomic mass is 9.86. The number of hydrazone groups is 1. The van der Waals surface area contributed by atoms with Crippen LogP contribution in [0.5, 0.6) is 5.75 Å². The van der Waals surface area contributed by atoms with Gasteiger partial charge in [-0.1, -0.05) is 18.2 Å². The van der Waals surface area contributed by atoms with E-state index in [0.717, 1.165) is 24.2 Å². The molecule has 0 radical (unpaired) electrons. The Morgan fingerprint density at radius 3 is 2.69 bits per heavy atom. The number of fused-ring (bicyclic) bond motifs is 1. The normalized spacial score (nSPS) is 19.7. The summed E-state index contributed by atoms with van der Waals surface area (Å²) in [6, 6.07) is 12.8. The molecule has 186 valence electrons. The van der Waals surface area contributed by atoms with Crippen LogP contribution in [0, 0.1) is 5.92 Å². The molecular formula is C26H31N3O6. The van der Waals surface area contributed by atoms with E-state index in [-0.39, 0.29) is 24.3 Å². The molecule has 2 aliphatic heterocycles. The van der Waals surface area contributed by atoms with E-state index in [9.17, 15) is 14.7 Å². The number of carboxylic acid groups (broad SMARTS) is 1. The Balaban J connectivity index is 1.39. The van der Waals surface area contributed by atoms with Gasteiger partial charge in [0.15, 0.2) is 0 Å². The summed E-state index contributed by atoms with van der Waals surface area (Å²) in [4.78, 5) is 24.1. The first kappa shape index (κ1) is 24.7. The van der Waals surface area contributed by atoms with Gasteiger partial charge in [0.25, 0.3) is 5.91 Å².